The van der Waals surface area contributed by atoms with Crippen LogP contribution in [0.3, 0.4) is 0 Å². The van der Waals surface area contributed by atoms with Crippen LogP contribution in [-0.4, -0.2) is 24.0 Å². The predicted molar refractivity (Wildman–Crippen MR) is 90.0 cm³/mol. The Balaban J connectivity index is 2.42. The number of methoxy groups -OCH3 is 1. The fraction of sp³-hybridized carbons (Fsp3) is 0.333. The second-order valence-electron chi connectivity index (χ2n) is 5.66. The molecule has 0 atom stereocenters. The van der Waals surface area contributed by atoms with E-state index in [2.05, 4.69) is 10.3 Å². The van der Waals surface area contributed by atoms with Gasteiger partial charge in [0.25, 0.3) is 5.91 Å². The zero-order valence-corrected chi connectivity index (χ0v) is 14.2. The second kappa shape index (κ2) is 7.29. The Morgan fingerprint density at radius 2 is 2.00 bits per heavy atom. The molecule has 0 saturated carbocycles. The highest BCUT2D eigenvalue weighted by Crippen LogP contribution is 2.24. The molecule has 2 rings (SSSR count). The number of ether oxygens (including phenoxy) is 1. The molecule has 0 aliphatic rings. The molecule has 1 aromatic heterocycles. The highest BCUT2D eigenvalue weighted by atomic mass is 19.1. The van der Waals surface area contributed by atoms with Crippen molar-refractivity contribution < 1.29 is 18.7 Å². The van der Waals surface area contributed by atoms with Gasteiger partial charge in [0.1, 0.15) is 11.5 Å². The van der Waals surface area contributed by atoms with Crippen LogP contribution in [-0.2, 0) is 11.2 Å². The fourth-order valence-corrected chi connectivity index (χ4v) is 2.67. The minimum absolute atomic E-state index is 0.106. The topological polar surface area (TPSA) is 71.2 Å². The molecule has 0 radical (unpaired) electrons. The Kier molecular flexibility index (Phi) is 5.39. The zero-order chi connectivity index (χ0) is 17.9. The van der Waals surface area contributed by atoms with E-state index in [0.717, 1.165) is 12.0 Å². The summed E-state index contributed by atoms with van der Waals surface area (Å²) in [6.45, 7) is 5.46. The molecule has 128 valence electrons. The molecule has 2 aromatic rings. The number of aromatic nitrogens is 1. The van der Waals surface area contributed by atoms with Crippen LogP contribution in [0, 0.1) is 19.7 Å². The molecule has 0 saturated heterocycles. The van der Waals surface area contributed by atoms with E-state index in [4.69, 9.17) is 4.74 Å². The molecule has 1 heterocycles. The summed E-state index contributed by atoms with van der Waals surface area (Å²) in [7, 11) is 1.30. The summed E-state index contributed by atoms with van der Waals surface area (Å²) in [5.74, 6) is -1.49. The summed E-state index contributed by atoms with van der Waals surface area (Å²) in [5, 5.41) is 2.57. The number of nitrogens with one attached hydrogen (secondary N) is 2. The van der Waals surface area contributed by atoms with Gasteiger partial charge in [-0.1, -0.05) is 19.4 Å². The average Bonchev–Trinajstić information content (AvgIpc) is 2.87. The number of aryl methyl sites for hydroxylation is 2. The minimum atomic E-state index is -0.512. The molecule has 6 heteroatoms. The molecule has 24 heavy (non-hydrogen) atoms. The maximum absolute atomic E-state index is 13.9. The number of amides is 1. The number of aromatic amines is 1. The quantitative estimate of drug-likeness (QED) is 0.819. The monoisotopic (exact) mass is 332 g/mol. The molecule has 0 fully saturated rings. The number of carbonyl (C=O) groups excluding carboxylic acids is 2. The minimum Gasteiger partial charge on any atom is -0.465 e. The summed E-state index contributed by atoms with van der Waals surface area (Å²) in [5.41, 5.74) is 2.71. The van der Waals surface area contributed by atoms with Crippen LogP contribution in [0.2, 0.25) is 0 Å². The number of anilines is 1. The summed E-state index contributed by atoms with van der Waals surface area (Å²) in [6.07, 6.45) is 1.29. The largest absolute Gasteiger partial charge is 0.465 e. The Morgan fingerprint density at radius 3 is 2.62 bits per heavy atom. The van der Waals surface area contributed by atoms with Gasteiger partial charge < -0.3 is 15.0 Å². The smallest absolute Gasteiger partial charge is 0.339 e. The molecule has 0 aliphatic carbocycles. The molecular weight excluding hydrogens is 311 g/mol. The number of carbonyl (C=O) groups is 2. The van der Waals surface area contributed by atoms with Gasteiger partial charge in [-0.15, -0.1) is 0 Å². The lowest BCUT2D eigenvalue weighted by molar-refractivity contribution is 0.0599. The first-order valence-corrected chi connectivity index (χ1v) is 7.76. The lowest BCUT2D eigenvalue weighted by atomic mass is 10.0. The van der Waals surface area contributed by atoms with Crippen molar-refractivity contribution in [2.24, 2.45) is 0 Å². The van der Waals surface area contributed by atoms with Gasteiger partial charge in [-0.3, -0.25) is 4.79 Å². The SMILES string of the molecule is CCCc1c(C(=O)Nc2cc(C)ccc2F)[nH]c(C)c1C(=O)OC. The third-order valence-electron chi connectivity index (χ3n) is 3.78. The van der Waals surface area contributed by atoms with Gasteiger partial charge >= 0.3 is 5.97 Å². The van der Waals surface area contributed by atoms with Gasteiger partial charge in [0.2, 0.25) is 0 Å². The van der Waals surface area contributed by atoms with Crippen molar-refractivity contribution in [3.05, 3.63) is 52.1 Å². The van der Waals surface area contributed by atoms with Crippen LogP contribution < -0.4 is 5.32 Å². The van der Waals surface area contributed by atoms with Gasteiger partial charge in [0, 0.05) is 5.69 Å². The van der Waals surface area contributed by atoms with Gasteiger partial charge in [-0.05, 0) is 43.5 Å². The standard InChI is InChI=1S/C18H21FN2O3/c1-5-6-12-15(18(23)24-4)11(3)20-16(12)17(22)21-14-9-10(2)7-8-13(14)19/h7-9,20H,5-6H2,1-4H3,(H,21,22). The number of halogens is 1. The van der Waals surface area contributed by atoms with E-state index in [1.54, 1.807) is 19.1 Å². The Morgan fingerprint density at radius 1 is 1.29 bits per heavy atom. The Bertz CT molecular complexity index is 781. The van der Waals surface area contributed by atoms with Crippen molar-refractivity contribution >= 4 is 17.6 Å². The maximum atomic E-state index is 13.9. The normalized spacial score (nSPS) is 10.5. The molecule has 2 N–H and O–H groups in total. The first-order chi connectivity index (χ1) is 11.4. The van der Waals surface area contributed by atoms with Crippen molar-refractivity contribution in [3.8, 4) is 0 Å². The lowest BCUT2D eigenvalue weighted by Crippen LogP contribution is -2.16. The highest BCUT2D eigenvalue weighted by Gasteiger charge is 2.25. The van der Waals surface area contributed by atoms with Gasteiger partial charge in [-0.2, -0.15) is 0 Å². The van der Waals surface area contributed by atoms with Crippen LogP contribution >= 0.6 is 0 Å². The first-order valence-electron chi connectivity index (χ1n) is 7.76. The number of H-pyrrole nitrogens is 1. The van der Waals surface area contributed by atoms with E-state index in [1.807, 2.05) is 13.8 Å². The molecule has 0 aliphatic heterocycles. The number of benzene rings is 1. The summed E-state index contributed by atoms with van der Waals surface area (Å²) >= 11 is 0. The number of rotatable bonds is 5. The number of hydrogen-bond acceptors (Lipinski definition) is 3. The van der Waals surface area contributed by atoms with E-state index in [9.17, 15) is 14.0 Å². The van der Waals surface area contributed by atoms with Crippen LogP contribution in [0.25, 0.3) is 0 Å². The van der Waals surface area contributed by atoms with Crippen LogP contribution in [0.4, 0.5) is 10.1 Å². The molecular formula is C18H21FN2O3. The van der Waals surface area contributed by atoms with Crippen molar-refractivity contribution in [2.45, 2.75) is 33.6 Å². The molecule has 5 nitrogen and oxygen atoms in total. The van der Waals surface area contributed by atoms with Crippen molar-refractivity contribution in [1.82, 2.24) is 4.98 Å². The maximum Gasteiger partial charge on any atom is 0.339 e. The Labute approximate surface area is 140 Å². The average molecular weight is 332 g/mol. The van der Waals surface area contributed by atoms with Crippen molar-refractivity contribution in [3.63, 3.8) is 0 Å². The third-order valence-corrected chi connectivity index (χ3v) is 3.78. The fourth-order valence-electron chi connectivity index (χ4n) is 2.67. The number of hydrogen-bond donors (Lipinski definition) is 2. The van der Waals surface area contributed by atoms with Crippen LogP contribution in [0.5, 0.6) is 0 Å². The summed E-state index contributed by atoms with van der Waals surface area (Å²) in [4.78, 5) is 27.5. The molecule has 0 spiro atoms. The zero-order valence-electron chi connectivity index (χ0n) is 14.2. The second-order valence-corrected chi connectivity index (χ2v) is 5.66. The lowest BCUT2D eigenvalue weighted by Gasteiger charge is -2.09. The van der Waals surface area contributed by atoms with Gasteiger partial charge in [0.05, 0.1) is 18.4 Å². The summed E-state index contributed by atoms with van der Waals surface area (Å²) < 4.78 is 18.7. The van der Waals surface area contributed by atoms with Gasteiger partial charge in [0.15, 0.2) is 0 Å². The van der Waals surface area contributed by atoms with Crippen molar-refractivity contribution in [2.75, 3.05) is 12.4 Å². The molecule has 0 unspecified atom stereocenters. The molecule has 1 amide bonds. The van der Waals surface area contributed by atoms with Crippen LogP contribution in [0.1, 0.15) is 51.0 Å². The first kappa shape index (κ1) is 17.7. The van der Waals surface area contributed by atoms with E-state index in [-0.39, 0.29) is 11.4 Å². The van der Waals surface area contributed by atoms with E-state index in [1.165, 1.54) is 13.2 Å². The summed E-state index contributed by atoms with van der Waals surface area (Å²) in [6, 6.07) is 4.49. The predicted octanol–water partition coefficient (Wildman–Crippen LogP) is 3.76. The van der Waals surface area contributed by atoms with E-state index < -0.39 is 17.7 Å². The highest BCUT2D eigenvalue weighted by molar-refractivity contribution is 6.07. The van der Waals surface area contributed by atoms with E-state index >= 15 is 0 Å². The van der Waals surface area contributed by atoms with Crippen molar-refractivity contribution in [1.29, 1.82) is 0 Å². The third kappa shape index (κ3) is 3.48. The molecule has 0 bridgehead atoms. The number of esters is 1. The van der Waals surface area contributed by atoms with Crippen LogP contribution in [0.15, 0.2) is 18.2 Å². The van der Waals surface area contributed by atoms with Gasteiger partial charge in [-0.25, -0.2) is 9.18 Å². The Hall–Kier alpha value is -2.63. The van der Waals surface area contributed by atoms with E-state index in [0.29, 0.717) is 23.2 Å². The molecule has 1 aromatic carbocycles.